The third-order valence-corrected chi connectivity index (χ3v) is 5.12. The summed E-state index contributed by atoms with van der Waals surface area (Å²) in [5.41, 5.74) is 2.51. The maximum absolute atomic E-state index is 12.8. The van der Waals surface area contributed by atoms with E-state index in [1.165, 1.54) is 0 Å². The predicted molar refractivity (Wildman–Crippen MR) is 98.6 cm³/mol. The number of amides is 3. The maximum atomic E-state index is 12.8. The number of ether oxygens (including phenoxy) is 1. The second kappa shape index (κ2) is 6.54. The molecule has 3 amide bonds. The van der Waals surface area contributed by atoms with Crippen LogP contribution in [0.1, 0.15) is 51.2 Å². The van der Waals surface area contributed by atoms with Crippen LogP contribution in [0.4, 0.5) is 0 Å². The molecule has 1 N–H and O–H groups in total. The summed E-state index contributed by atoms with van der Waals surface area (Å²) in [6, 6.07) is 11.6. The molecular weight excluding hydrogens is 344 g/mol. The molecule has 0 saturated heterocycles. The molecule has 2 heterocycles. The van der Waals surface area contributed by atoms with E-state index in [0.717, 1.165) is 21.8 Å². The fourth-order valence-electron chi connectivity index (χ4n) is 3.63. The highest BCUT2D eigenvalue weighted by molar-refractivity contribution is 6.22. The number of nitrogens with zero attached hydrogens (tertiary/aromatic N) is 1. The van der Waals surface area contributed by atoms with Gasteiger partial charge in [-0.05, 0) is 32.0 Å². The summed E-state index contributed by atoms with van der Waals surface area (Å²) in [6.07, 6.45) is 0.636. The number of hydrogen-bond acceptors (Lipinski definition) is 4. The Balaban J connectivity index is 1.54. The van der Waals surface area contributed by atoms with E-state index in [4.69, 9.17) is 4.74 Å². The normalized spacial score (nSPS) is 19.2. The van der Waals surface area contributed by atoms with Gasteiger partial charge in [-0.15, -0.1) is 0 Å². The van der Waals surface area contributed by atoms with Crippen molar-refractivity contribution in [2.75, 3.05) is 6.61 Å². The molecule has 2 aromatic carbocycles. The minimum atomic E-state index is -0.896. The van der Waals surface area contributed by atoms with Crippen molar-refractivity contribution < 1.29 is 19.1 Å². The maximum Gasteiger partial charge on any atom is 0.262 e. The Morgan fingerprint density at radius 1 is 1.15 bits per heavy atom. The van der Waals surface area contributed by atoms with Gasteiger partial charge in [0.05, 0.1) is 23.8 Å². The van der Waals surface area contributed by atoms with Gasteiger partial charge in [0, 0.05) is 12.0 Å². The zero-order valence-corrected chi connectivity index (χ0v) is 15.2. The van der Waals surface area contributed by atoms with E-state index in [0.29, 0.717) is 24.2 Å². The van der Waals surface area contributed by atoms with Crippen molar-refractivity contribution in [2.24, 2.45) is 0 Å². The van der Waals surface area contributed by atoms with Crippen molar-refractivity contribution in [1.29, 1.82) is 0 Å². The fourth-order valence-corrected chi connectivity index (χ4v) is 3.63. The number of rotatable bonds is 3. The topological polar surface area (TPSA) is 75.7 Å². The summed E-state index contributed by atoms with van der Waals surface area (Å²) in [6.45, 7) is 3.94. The Hall–Kier alpha value is -3.15. The lowest BCUT2D eigenvalue weighted by Gasteiger charge is -2.29. The Kier molecular flexibility index (Phi) is 4.18. The van der Waals surface area contributed by atoms with Crippen LogP contribution in [0.5, 0.6) is 5.75 Å². The van der Waals surface area contributed by atoms with Crippen molar-refractivity contribution in [3.05, 3.63) is 64.7 Å². The van der Waals surface area contributed by atoms with Crippen molar-refractivity contribution in [1.82, 2.24) is 10.2 Å². The van der Waals surface area contributed by atoms with Gasteiger partial charge in [0.15, 0.2) is 0 Å². The largest absolute Gasteiger partial charge is 0.493 e. The average Bonchev–Trinajstić information content (AvgIpc) is 2.91. The molecule has 2 aliphatic heterocycles. The molecule has 0 spiro atoms. The summed E-state index contributed by atoms with van der Waals surface area (Å²) in [7, 11) is 0. The molecule has 2 aliphatic rings. The number of carbonyl (C=O) groups excluding carboxylic acids is 3. The van der Waals surface area contributed by atoms with Crippen LogP contribution in [0.3, 0.4) is 0 Å². The highest BCUT2D eigenvalue weighted by atomic mass is 16.5. The van der Waals surface area contributed by atoms with E-state index >= 15 is 0 Å². The zero-order valence-electron chi connectivity index (χ0n) is 15.2. The lowest BCUT2D eigenvalue weighted by molar-refractivity contribution is -0.125. The molecule has 138 valence electrons. The predicted octanol–water partition coefficient (Wildman–Crippen LogP) is 2.62. The van der Waals surface area contributed by atoms with Gasteiger partial charge in [-0.25, -0.2) is 0 Å². The van der Waals surface area contributed by atoms with Crippen LogP contribution in [0, 0.1) is 6.92 Å². The number of nitrogens with one attached hydrogen (secondary N) is 1. The van der Waals surface area contributed by atoms with Crippen molar-refractivity contribution >= 4 is 17.7 Å². The molecule has 27 heavy (non-hydrogen) atoms. The fraction of sp³-hybridized carbons (Fsp3) is 0.286. The molecule has 6 nitrogen and oxygen atoms in total. The second-order valence-electron chi connectivity index (χ2n) is 6.94. The zero-order chi connectivity index (χ0) is 19.1. The van der Waals surface area contributed by atoms with Crippen LogP contribution in [-0.4, -0.2) is 35.3 Å². The molecule has 2 atom stereocenters. The first kappa shape index (κ1) is 17.3. The first-order valence-electron chi connectivity index (χ1n) is 8.98. The van der Waals surface area contributed by atoms with Crippen LogP contribution in [-0.2, 0) is 4.79 Å². The minimum absolute atomic E-state index is 0.206. The van der Waals surface area contributed by atoms with E-state index in [1.54, 1.807) is 25.1 Å². The van der Waals surface area contributed by atoms with Crippen LogP contribution in [0.2, 0.25) is 0 Å². The summed E-state index contributed by atoms with van der Waals surface area (Å²) >= 11 is 0. The molecule has 0 fully saturated rings. The van der Waals surface area contributed by atoms with Crippen LogP contribution in [0.25, 0.3) is 0 Å². The van der Waals surface area contributed by atoms with Crippen molar-refractivity contribution in [2.45, 2.75) is 32.4 Å². The number of hydrogen-bond donors (Lipinski definition) is 1. The number of fused-ring (bicyclic) bond motifs is 2. The number of aryl methyl sites for hydroxylation is 1. The molecule has 2 aromatic rings. The van der Waals surface area contributed by atoms with Gasteiger partial charge in [0.2, 0.25) is 5.91 Å². The highest BCUT2D eigenvalue weighted by Crippen LogP contribution is 2.32. The van der Waals surface area contributed by atoms with E-state index < -0.39 is 17.9 Å². The summed E-state index contributed by atoms with van der Waals surface area (Å²) < 4.78 is 5.61. The van der Waals surface area contributed by atoms with E-state index in [1.807, 2.05) is 31.2 Å². The molecule has 0 radical (unpaired) electrons. The SMILES string of the molecule is Cc1ccc2c(c1)C(=O)N([C@H](C)C(=O)N[C@H]1CCOc3ccccc31)C2=O. The van der Waals surface area contributed by atoms with Gasteiger partial charge in [-0.1, -0.05) is 29.8 Å². The second-order valence-corrected chi connectivity index (χ2v) is 6.94. The minimum Gasteiger partial charge on any atom is -0.493 e. The molecule has 6 heteroatoms. The lowest BCUT2D eigenvalue weighted by atomic mass is 10.00. The smallest absolute Gasteiger partial charge is 0.262 e. The number of imide groups is 1. The van der Waals surface area contributed by atoms with Gasteiger partial charge in [-0.3, -0.25) is 19.3 Å². The van der Waals surface area contributed by atoms with E-state index in [-0.39, 0.29) is 11.9 Å². The standard InChI is InChI=1S/C21H20N2O4/c1-12-7-8-14-16(11-12)21(26)23(20(14)25)13(2)19(24)22-17-9-10-27-18-6-4-3-5-15(17)18/h3-8,11,13,17H,9-10H2,1-2H3,(H,22,24)/t13-,17+/m1/s1. The third kappa shape index (κ3) is 2.87. The molecule has 0 bridgehead atoms. The summed E-state index contributed by atoms with van der Waals surface area (Å²) in [5.74, 6) is -0.459. The first-order chi connectivity index (χ1) is 13.0. The first-order valence-corrected chi connectivity index (χ1v) is 8.98. The van der Waals surface area contributed by atoms with E-state index in [9.17, 15) is 14.4 Å². The Labute approximate surface area is 157 Å². The quantitative estimate of drug-likeness (QED) is 0.850. The third-order valence-electron chi connectivity index (χ3n) is 5.12. The molecule has 0 unspecified atom stereocenters. The van der Waals surface area contributed by atoms with E-state index in [2.05, 4.69) is 5.32 Å². The number of para-hydroxylation sites is 1. The Bertz CT molecular complexity index is 953. The summed E-state index contributed by atoms with van der Waals surface area (Å²) in [4.78, 5) is 39.2. The molecular formula is C21H20N2O4. The lowest BCUT2D eigenvalue weighted by Crippen LogP contribution is -2.49. The van der Waals surface area contributed by atoms with Gasteiger partial charge in [-0.2, -0.15) is 0 Å². The Morgan fingerprint density at radius 2 is 1.89 bits per heavy atom. The van der Waals surface area contributed by atoms with Crippen molar-refractivity contribution in [3.63, 3.8) is 0 Å². The van der Waals surface area contributed by atoms with Crippen molar-refractivity contribution in [3.8, 4) is 5.75 Å². The monoisotopic (exact) mass is 364 g/mol. The van der Waals surface area contributed by atoms with Gasteiger partial charge in [0.1, 0.15) is 11.8 Å². The van der Waals surface area contributed by atoms with Crippen LogP contribution < -0.4 is 10.1 Å². The van der Waals surface area contributed by atoms with Crippen LogP contribution in [0.15, 0.2) is 42.5 Å². The average molecular weight is 364 g/mol. The Morgan fingerprint density at radius 3 is 2.70 bits per heavy atom. The molecule has 4 rings (SSSR count). The molecule has 0 aromatic heterocycles. The highest BCUT2D eigenvalue weighted by Gasteiger charge is 2.41. The van der Waals surface area contributed by atoms with Gasteiger partial charge < -0.3 is 10.1 Å². The van der Waals surface area contributed by atoms with Gasteiger partial charge >= 0.3 is 0 Å². The summed E-state index contributed by atoms with van der Waals surface area (Å²) in [5, 5.41) is 2.97. The van der Waals surface area contributed by atoms with Gasteiger partial charge in [0.25, 0.3) is 11.8 Å². The number of benzene rings is 2. The molecule has 0 aliphatic carbocycles. The molecule has 0 saturated carbocycles. The van der Waals surface area contributed by atoms with Crippen LogP contribution >= 0.6 is 0 Å². The number of carbonyl (C=O) groups is 3.